The van der Waals surface area contributed by atoms with Gasteiger partial charge in [0.25, 0.3) is 11.8 Å². The second-order valence-electron chi connectivity index (χ2n) is 8.38. The third-order valence-electron chi connectivity index (χ3n) is 5.69. The molecular weight excluding hydrogens is 466 g/mol. The van der Waals surface area contributed by atoms with Crippen LogP contribution >= 0.6 is 23.6 Å². The summed E-state index contributed by atoms with van der Waals surface area (Å²) in [6, 6.07) is 18.9. The molecule has 1 aliphatic carbocycles. The highest BCUT2D eigenvalue weighted by Crippen LogP contribution is 2.32. The zero-order valence-electron chi connectivity index (χ0n) is 18.9. The van der Waals surface area contributed by atoms with E-state index in [1.54, 1.807) is 24.3 Å². The minimum atomic E-state index is -0.372. The predicted molar refractivity (Wildman–Crippen MR) is 138 cm³/mol. The Bertz CT molecular complexity index is 1160. The number of benzene rings is 2. The number of thiophene rings is 1. The van der Waals surface area contributed by atoms with E-state index < -0.39 is 0 Å². The number of hydrogen-bond acceptors (Lipinski definition) is 5. The van der Waals surface area contributed by atoms with Crippen LogP contribution in [0.2, 0.25) is 0 Å². The molecule has 1 heterocycles. The Morgan fingerprint density at radius 3 is 2.59 bits per heavy atom. The van der Waals surface area contributed by atoms with Gasteiger partial charge >= 0.3 is 0 Å². The highest BCUT2D eigenvalue weighted by molar-refractivity contribution is 7.80. The van der Waals surface area contributed by atoms with Crippen LogP contribution in [-0.2, 0) is 19.3 Å². The summed E-state index contributed by atoms with van der Waals surface area (Å²) in [7, 11) is 0. The molecule has 1 atom stereocenters. The fraction of sp³-hybridized carbons (Fsp3) is 0.269. The molecule has 176 valence electrons. The molecule has 8 heteroatoms. The van der Waals surface area contributed by atoms with E-state index in [0.717, 1.165) is 25.7 Å². The molecule has 0 fully saturated rings. The van der Waals surface area contributed by atoms with Gasteiger partial charge in [0.1, 0.15) is 5.75 Å². The number of ether oxygens (including phenoxy) is 1. The molecule has 34 heavy (non-hydrogen) atoms. The van der Waals surface area contributed by atoms with Crippen LogP contribution in [0.1, 0.15) is 49.4 Å². The van der Waals surface area contributed by atoms with Crippen LogP contribution in [0.4, 0.5) is 0 Å². The molecule has 1 aliphatic rings. The van der Waals surface area contributed by atoms with Crippen molar-refractivity contribution in [3.63, 3.8) is 0 Å². The zero-order valence-corrected chi connectivity index (χ0v) is 20.6. The number of carbonyl (C=O) groups is 2. The Labute approximate surface area is 208 Å². The van der Waals surface area contributed by atoms with Gasteiger partial charge in [-0.2, -0.15) is 0 Å². The van der Waals surface area contributed by atoms with Gasteiger partial charge in [-0.3, -0.25) is 25.8 Å². The van der Waals surface area contributed by atoms with Crippen LogP contribution in [0.25, 0.3) is 0 Å². The molecule has 2 amide bonds. The van der Waals surface area contributed by atoms with E-state index >= 15 is 0 Å². The van der Waals surface area contributed by atoms with Crippen molar-refractivity contribution in [3.05, 3.63) is 87.1 Å². The van der Waals surface area contributed by atoms with E-state index in [4.69, 9.17) is 17.0 Å². The second kappa shape index (κ2) is 11.3. The topological polar surface area (TPSA) is 79.5 Å². The van der Waals surface area contributed by atoms with Gasteiger partial charge in [0.05, 0.1) is 11.5 Å². The summed E-state index contributed by atoms with van der Waals surface area (Å²) >= 11 is 6.67. The average Bonchev–Trinajstić information content (AvgIpc) is 3.27. The van der Waals surface area contributed by atoms with Gasteiger partial charge < -0.3 is 4.74 Å². The van der Waals surface area contributed by atoms with Crippen molar-refractivity contribution >= 4 is 40.5 Å². The van der Waals surface area contributed by atoms with E-state index in [9.17, 15) is 9.59 Å². The highest BCUT2D eigenvalue weighted by atomic mass is 32.1. The van der Waals surface area contributed by atoms with Crippen molar-refractivity contribution < 1.29 is 14.3 Å². The van der Waals surface area contributed by atoms with Crippen LogP contribution in [0.5, 0.6) is 5.75 Å². The summed E-state index contributed by atoms with van der Waals surface area (Å²) in [5.74, 6) is 0.700. The van der Waals surface area contributed by atoms with E-state index in [1.807, 2.05) is 24.3 Å². The quantitative estimate of drug-likeness (QED) is 0.349. The van der Waals surface area contributed by atoms with Gasteiger partial charge in [-0.05, 0) is 78.9 Å². The maximum absolute atomic E-state index is 12.5. The van der Waals surface area contributed by atoms with E-state index in [2.05, 4.69) is 35.2 Å². The number of fused-ring (bicyclic) bond motifs is 1. The number of thiocarbonyl (C=S) groups is 1. The molecule has 3 N–H and O–H groups in total. The van der Waals surface area contributed by atoms with E-state index in [0.29, 0.717) is 28.7 Å². The van der Waals surface area contributed by atoms with Gasteiger partial charge in [-0.25, -0.2) is 0 Å². The Balaban J connectivity index is 1.21. The summed E-state index contributed by atoms with van der Waals surface area (Å²) in [5, 5.41) is 2.60. The number of carbonyl (C=O) groups excluding carboxylic acids is 2. The van der Waals surface area contributed by atoms with Crippen molar-refractivity contribution in [1.82, 2.24) is 16.2 Å². The minimum Gasteiger partial charge on any atom is -0.493 e. The first kappa shape index (κ1) is 23.9. The Hall–Kier alpha value is -3.23. The highest BCUT2D eigenvalue weighted by Gasteiger charge is 2.20. The van der Waals surface area contributed by atoms with Gasteiger partial charge in [-0.15, -0.1) is 11.3 Å². The number of hydrazine groups is 1. The molecule has 0 saturated carbocycles. The summed E-state index contributed by atoms with van der Waals surface area (Å²) in [5.41, 5.74) is 8.08. The third kappa shape index (κ3) is 6.42. The fourth-order valence-corrected chi connectivity index (χ4v) is 5.08. The van der Waals surface area contributed by atoms with Crippen LogP contribution < -0.4 is 20.9 Å². The fourth-order valence-electron chi connectivity index (χ4n) is 3.83. The zero-order chi connectivity index (χ0) is 23.9. The number of rotatable bonds is 6. The predicted octanol–water partition coefficient (Wildman–Crippen LogP) is 4.44. The smallest absolute Gasteiger partial charge is 0.279 e. The maximum Gasteiger partial charge on any atom is 0.279 e. The van der Waals surface area contributed by atoms with Gasteiger partial charge in [0.15, 0.2) is 5.11 Å². The normalized spacial score (nSPS) is 14.6. The Morgan fingerprint density at radius 2 is 1.82 bits per heavy atom. The third-order valence-corrected chi connectivity index (χ3v) is 7.13. The summed E-state index contributed by atoms with van der Waals surface area (Å²) < 4.78 is 5.75. The molecule has 1 aromatic heterocycles. The molecular formula is C26H27N3O3S2. The summed E-state index contributed by atoms with van der Waals surface area (Å²) in [6.45, 7) is 2.78. The first-order chi connectivity index (χ1) is 16.5. The number of amides is 2. The maximum atomic E-state index is 12.5. The van der Waals surface area contributed by atoms with Gasteiger partial charge in [-0.1, -0.05) is 37.3 Å². The van der Waals surface area contributed by atoms with Crippen LogP contribution in [0, 0.1) is 5.92 Å². The number of hydrogen-bond donors (Lipinski definition) is 3. The number of aryl methyl sites for hydroxylation is 1. The van der Waals surface area contributed by atoms with Crippen LogP contribution in [0.3, 0.4) is 0 Å². The summed E-state index contributed by atoms with van der Waals surface area (Å²) in [6.07, 6.45) is 4.00. The standard InChI is InChI=1S/C26H27N3O3S2/c1-17-7-12-22-20(15-17)16-23(34-22)25(31)28-29-26(33)27-24(30)19-8-10-21(11-9-19)32-14-13-18-5-3-2-4-6-18/h2-6,8-11,16-17H,7,12-15H2,1H3,(H,28,31)(H2,27,29,30,33). The lowest BCUT2D eigenvalue weighted by molar-refractivity contribution is 0.0938. The summed E-state index contributed by atoms with van der Waals surface area (Å²) in [4.78, 5) is 26.8. The Kier molecular flexibility index (Phi) is 7.92. The van der Waals surface area contributed by atoms with Crippen molar-refractivity contribution in [2.75, 3.05) is 6.61 Å². The van der Waals surface area contributed by atoms with E-state index in [-0.39, 0.29) is 16.9 Å². The second-order valence-corrected chi connectivity index (χ2v) is 9.92. The first-order valence-electron chi connectivity index (χ1n) is 11.3. The minimum absolute atomic E-state index is 0.0245. The van der Waals surface area contributed by atoms with Gasteiger partial charge in [0.2, 0.25) is 0 Å². The lowest BCUT2D eigenvalue weighted by atomic mass is 9.90. The molecule has 1 unspecified atom stereocenters. The van der Waals surface area contributed by atoms with E-state index in [1.165, 1.54) is 27.3 Å². The van der Waals surface area contributed by atoms with Gasteiger partial charge in [0, 0.05) is 16.9 Å². The molecule has 0 aliphatic heterocycles. The SMILES string of the molecule is CC1CCc2sc(C(=O)NNC(=S)NC(=O)c3ccc(OCCc4ccccc4)cc3)cc2C1. The molecule has 2 aromatic carbocycles. The molecule has 0 saturated heterocycles. The Morgan fingerprint density at radius 1 is 1.06 bits per heavy atom. The lowest BCUT2D eigenvalue weighted by Gasteiger charge is -2.16. The lowest BCUT2D eigenvalue weighted by Crippen LogP contribution is -2.48. The molecule has 0 radical (unpaired) electrons. The first-order valence-corrected chi connectivity index (χ1v) is 12.5. The molecule has 6 nitrogen and oxygen atoms in total. The molecule has 3 aromatic rings. The average molecular weight is 494 g/mol. The van der Waals surface area contributed by atoms with Crippen LogP contribution in [-0.4, -0.2) is 23.5 Å². The van der Waals surface area contributed by atoms with Crippen molar-refractivity contribution in [3.8, 4) is 5.75 Å². The van der Waals surface area contributed by atoms with Crippen molar-refractivity contribution in [1.29, 1.82) is 0 Å². The van der Waals surface area contributed by atoms with Crippen molar-refractivity contribution in [2.24, 2.45) is 5.92 Å². The molecule has 4 rings (SSSR count). The largest absolute Gasteiger partial charge is 0.493 e. The molecule has 0 bridgehead atoms. The number of nitrogens with one attached hydrogen (secondary N) is 3. The van der Waals surface area contributed by atoms with Crippen molar-refractivity contribution in [2.45, 2.75) is 32.6 Å². The molecule has 0 spiro atoms. The van der Waals surface area contributed by atoms with Crippen LogP contribution in [0.15, 0.2) is 60.7 Å². The monoisotopic (exact) mass is 493 g/mol.